The lowest BCUT2D eigenvalue weighted by molar-refractivity contribution is -0.158. The van der Waals surface area contributed by atoms with Crippen LogP contribution in [0.5, 0.6) is 0 Å². The zero-order valence-electron chi connectivity index (χ0n) is 11.1. The largest absolute Gasteiger partial charge is 0.282 e. The van der Waals surface area contributed by atoms with Crippen molar-refractivity contribution in [2.45, 2.75) is 46.0 Å². The Kier molecular flexibility index (Phi) is 3.43. The molecule has 2 aliphatic rings. The van der Waals surface area contributed by atoms with E-state index < -0.39 is 5.41 Å². The smallest absolute Gasteiger partial charge is 0.232 e. The zero-order valence-corrected chi connectivity index (χ0v) is 11.1. The molecule has 0 aromatic carbocycles. The first-order valence-corrected chi connectivity index (χ1v) is 6.71. The topological polar surface area (TPSA) is 61.2 Å². The summed E-state index contributed by atoms with van der Waals surface area (Å²) in [7, 11) is 0. The predicted molar refractivity (Wildman–Crippen MR) is 66.2 cm³/mol. The number of nitriles is 1. The molecule has 2 rings (SSSR count). The van der Waals surface area contributed by atoms with Crippen LogP contribution in [0.2, 0.25) is 0 Å². The Labute approximate surface area is 108 Å². The number of amides is 2. The number of carbonyl (C=O) groups excluding carboxylic acids is 2. The van der Waals surface area contributed by atoms with Gasteiger partial charge in [-0.05, 0) is 39.5 Å². The van der Waals surface area contributed by atoms with Gasteiger partial charge in [0.15, 0.2) is 0 Å². The lowest BCUT2D eigenvalue weighted by atomic mass is 9.76. The van der Waals surface area contributed by atoms with Gasteiger partial charge in [0.2, 0.25) is 11.8 Å². The number of carbonyl (C=O) groups is 2. The van der Waals surface area contributed by atoms with Crippen LogP contribution in [-0.4, -0.2) is 23.3 Å². The first-order chi connectivity index (χ1) is 8.44. The Morgan fingerprint density at radius 1 is 1.28 bits per heavy atom. The second-order valence-corrected chi connectivity index (χ2v) is 6.13. The molecule has 98 valence electrons. The van der Waals surface area contributed by atoms with Gasteiger partial charge in [-0.15, -0.1) is 0 Å². The van der Waals surface area contributed by atoms with Crippen molar-refractivity contribution < 1.29 is 9.59 Å². The molecule has 0 radical (unpaired) electrons. The molecule has 18 heavy (non-hydrogen) atoms. The molecule has 0 aromatic heterocycles. The molecule has 0 N–H and O–H groups in total. The number of hydrogen-bond donors (Lipinski definition) is 0. The van der Waals surface area contributed by atoms with E-state index in [9.17, 15) is 9.59 Å². The summed E-state index contributed by atoms with van der Waals surface area (Å²) in [5.74, 6) is 0.0766. The molecule has 1 aliphatic carbocycles. The molecule has 1 aliphatic heterocycles. The third-order valence-corrected chi connectivity index (χ3v) is 4.17. The van der Waals surface area contributed by atoms with Crippen LogP contribution in [-0.2, 0) is 9.59 Å². The normalized spacial score (nSPS) is 28.2. The highest BCUT2D eigenvalue weighted by Crippen LogP contribution is 2.36. The minimum atomic E-state index is -0.479. The Balaban J connectivity index is 2.05. The average Bonchev–Trinajstić information content (AvgIpc) is 2.37. The third kappa shape index (κ3) is 2.40. The summed E-state index contributed by atoms with van der Waals surface area (Å²) in [5.41, 5.74) is -0.479. The lowest BCUT2D eigenvalue weighted by Crippen LogP contribution is -2.51. The molecule has 1 saturated heterocycles. The molecule has 4 nitrogen and oxygen atoms in total. The monoisotopic (exact) mass is 248 g/mol. The van der Waals surface area contributed by atoms with Crippen LogP contribution >= 0.6 is 0 Å². The maximum absolute atomic E-state index is 12.2. The van der Waals surface area contributed by atoms with Gasteiger partial charge in [0.05, 0.1) is 11.5 Å². The quantitative estimate of drug-likeness (QED) is 0.718. The standard InChI is InChI=1S/C14H20N2O2/c1-14(2,9-15)6-7-16-12(17)10-4-3-5-11(8-10)13(16)18/h10-11H,3-8H2,1-2H3. The fourth-order valence-corrected chi connectivity index (χ4v) is 2.86. The second-order valence-electron chi connectivity index (χ2n) is 6.13. The van der Waals surface area contributed by atoms with Crippen molar-refractivity contribution in [2.24, 2.45) is 17.3 Å². The van der Waals surface area contributed by atoms with Crippen molar-refractivity contribution in [1.82, 2.24) is 4.90 Å². The highest BCUT2D eigenvalue weighted by atomic mass is 16.2. The van der Waals surface area contributed by atoms with Gasteiger partial charge >= 0.3 is 0 Å². The Morgan fingerprint density at radius 2 is 1.83 bits per heavy atom. The fourth-order valence-electron chi connectivity index (χ4n) is 2.86. The van der Waals surface area contributed by atoms with E-state index in [1.807, 2.05) is 13.8 Å². The molecular weight excluding hydrogens is 228 g/mol. The van der Waals surface area contributed by atoms with Crippen molar-refractivity contribution in [3.63, 3.8) is 0 Å². The molecular formula is C14H20N2O2. The van der Waals surface area contributed by atoms with Crippen LogP contribution in [0.1, 0.15) is 46.0 Å². The van der Waals surface area contributed by atoms with Crippen LogP contribution in [0, 0.1) is 28.6 Å². The maximum atomic E-state index is 12.2. The van der Waals surface area contributed by atoms with E-state index in [0.29, 0.717) is 13.0 Å². The molecule has 4 heteroatoms. The van der Waals surface area contributed by atoms with Gasteiger partial charge in [-0.25, -0.2) is 0 Å². The molecule has 0 aromatic rings. The predicted octanol–water partition coefficient (Wildman–Crippen LogP) is 2.10. The summed E-state index contributed by atoms with van der Waals surface area (Å²) in [6.45, 7) is 4.07. The van der Waals surface area contributed by atoms with Crippen LogP contribution in [0.25, 0.3) is 0 Å². The molecule has 0 spiro atoms. The van der Waals surface area contributed by atoms with E-state index in [1.165, 1.54) is 4.90 Å². The minimum absolute atomic E-state index is 0.00955. The number of rotatable bonds is 3. The third-order valence-electron chi connectivity index (χ3n) is 4.17. The van der Waals surface area contributed by atoms with Crippen molar-refractivity contribution in [2.75, 3.05) is 6.54 Å². The van der Waals surface area contributed by atoms with Gasteiger partial charge in [-0.2, -0.15) is 5.26 Å². The molecule has 2 atom stereocenters. The van der Waals surface area contributed by atoms with Crippen molar-refractivity contribution in [3.8, 4) is 6.07 Å². The second kappa shape index (κ2) is 4.72. The molecule has 1 saturated carbocycles. The number of likely N-dealkylation sites (tertiary alicyclic amines) is 1. The average molecular weight is 248 g/mol. The van der Waals surface area contributed by atoms with Gasteiger partial charge in [-0.1, -0.05) is 6.42 Å². The lowest BCUT2D eigenvalue weighted by Gasteiger charge is -2.39. The van der Waals surface area contributed by atoms with E-state index in [2.05, 4.69) is 6.07 Å². The number of piperidine rings is 1. The minimum Gasteiger partial charge on any atom is -0.282 e. The van der Waals surface area contributed by atoms with E-state index in [1.54, 1.807) is 0 Å². The van der Waals surface area contributed by atoms with Crippen molar-refractivity contribution >= 4 is 11.8 Å². The summed E-state index contributed by atoms with van der Waals surface area (Å²) in [6.07, 6.45) is 4.13. The van der Waals surface area contributed by atoms with Gasteiger partial charge in [0, 0.05) is 18.4 Å². The van der Waals surface area contributed by atoms with Gasteiger partial charge in [0.1, 0.15) is 0 Å². The van der Waals surface area contributed by atoms with Crippen LogP contribution < -0.4 is 0 Å². The molecule has 2 bridgehead atoms. The Morgan fingerprint density at radius 3 is 2.33 bits per heavy atom. The summed E-state index contributed by atoms with van der Waals surface area (Å²) in [6, 6.07) is 2.21. The van der Waals surface area contributed by atoms with Gasteiger partial charge < -0.3 is 0 Å². The molecule has 2 fully saturated rings. The van der Waals surface area contributed by atoms with Crippen LogP contribution in [0.4, 0.5) is 0 Å². The van der Waals surface area contributed by atoms with Gasteiger partial charge in [-0.3, -0.25) is 14.5 Å². The highest BCUT2D eigenvalue weighted by molar-refractivity contribution is 6.00. The Bertz CT molecular complexity index is 387. The summed E-state index contributed by atoms with van der Waals surface area (Å²) in [5, 5.41) is 8.98. The van der Waals surface area contributed by atoms with E-state index in [-0.39, 0.29) is 23.7 Å². The van der Waals surface area contributed by atoms with E-state index in [0.717, 1.165) is 25.7 Å². The first kappa shape index (κ1) is 13.1. The summed E-state index contributed by atoms with van der Waals surface area (Å²) < 4.78 is 0. The molecule has 2 amide bonds. The highest BCUT2D eigenvalue weighted by Gasteiger charge is 2.42. The number of fused-ring (bicyclic) bond motifs is 2. The van der Waals surface area contributed by atoms with Crippen molar-refractivity contribution in [3.05, 3.63) is 0 Å². The number of hydrogen-bond acceptors (Lipinski definition) is 3. The first-order valence-electron chi connectivity index (χ1n) is 6.71. The molecule has 1 heterocycles. The fraction of sp³-hybridized carbons (Fsp3) is 0.786. The Hall–Kier alpha value is -1.37. The van der Waals surface area contributed by atoms with E-state index >= 15 is 0 Å². The van der Waals surface area contributed by atoms with Crippen LogP contribution in [0.3, 0.4) is 0 Å². The van der Waals surface area contributed by atoms with Crippen LogP contribution in [0.15, 0.2) is 0 Å². The summed E-state index contributed by atoms with van der Waals surface area (Å²) >= 11 is 0. The maximum Gasteiger partial charge on any atom is 0.232 e. The van der Waals surface area contributed by atoms with Gasteiger partial charge in [0.25, 0.3) is 0 Å². The zero-order chi connectivity index (χ0) is 13.3. The SMILES string of the molecule is CC(C)(C#N)CCN1C(=O)C2CCCC(C2)C1=O. The van der Waals surface area contributed by atoms with Crippen molar-refractivity contribution in [1.29, 1.82) is 5.26 Å². The summed E-state index contributed by atoms with van der Waals surface area (Å²) in [4.78, 5) is 25.8. The number of imide groups is 1. The van der Waals surface area contributed by atoms with E-state index in [4.69, 9.17) is 5.26 Å². The molecule has 2 unspecified atom stereocenters. The number of nitrogens with zero attached hydrogens (tertiary/aromatic N) is 2.